The Bertz CT molecular complexity index is 371. The van der Waals surface area contributed by atoms with E-state index in [1.165, 1.54) is 11.1 Å². The minimum absolute atomic E-state index is 0.413. The Hall–Kier alpha value is -1.33. The number of nitriles is 1. The van der Waals surface area contributed by atoms with E-state index < -0.39 is 5.54 Å². The molecular weight excluding hydrogens is 196 g/mol. The van der Waals surface area contributed by atoms with Gasteiger partial charge in [0.15, 0.2) is 0 Å². The van der Waals surface area contributed by atoms with Gasteiger partial charge >= 0.3 is 0 Å². The summed E-state index contributed by atoms with van der Waals surface area (Å²) in [6.07, 6.45) is 1.07. The van der Waals surface area contributed by atoms with Crippen LogP contribution in [0.2, 0.25) is 0 Å². The molecule has 0 aliphatic heterocycles. The minimum atomic E-state index is -0.413. The van der Waals surface area contributed by atoms with Crippen LogP contribution in [0.4, 0.5) is 0 Å². The second-order valence-corrected chi connectivity index (χ2v) is 4.70. The molecule has 0 radical (unpaired) electrons. The molecule has 2 nitrogen and oxygen atoms in total. The number of aryl methyl sites for hydroxylation is 1. The maximum Gasteiger partial charge on any atom is 0.103 e. The highest BCUT2D eigenvalue weighted by molar-refractivity contribution is 5.22. The third-order valence-corrected chi connectivity index (χ3v) is 3.08. The Morgan fingerprint density at radius 3 is 2.12 bits per heavy atom. The normalized spacial score (nSPS) is 11.5. The molecule has 0 amide bonds. The third kappa shape index (κ3) is 3.08. The van der Waals surface area contributed by atoms with Crippen LogP contribution < -0.4 is 0 Å². The van der Waals surface area contributed by atoms with Crippen LogP contribution in [0.25, 0.3) is 0 Å². The lowest BCUT2D eigenvalue weighted by atomic mass is 10.0. The van der Waals surface area contributed by atoms with Crippen LogP contribution in [0.1, 0.15) is 31.9 Å². The lowest BCUT2D eigenvalue weighted by Crippen LogP contribution is -2.38. The first-order valence-corrected chi connectivity index (χ1v) is 5.70. The lowest BCUT2D eigenvalue weighted by molar-refractivity contribution is 0.203. The van der Waals surface area contributed by atoms with Crippen molar-refractivity contribution in [3.8, 4) is 6.07 Å². The Morgan fingerprint density at radius 1 is 1.19 bits per heavy atom. The zero-order valence-corrected chi connectivity index (χ0v) is 10.6. The van der Waals surface area contributed by atoms with E-state index in [-0.39, 0.29) is 0 Å². The number of hydrogen-bond acceptors (Lipinski definition) is 2. The molecule has 2 heteroatoms. The molecule has 0 bridgehead atoms. The summed E-state index contributed by atoms with van der Waals surface area (Å²) in [4.78, 5) is 2.06. The second kappa shape index (κ2) is 5.14. The summed E-state index contributed by atoms with van der Waals surface area (Å²) in [6, 6.07) is 10.9. The van der Waals surface area contributed by atoms with Gasteiger partial charge in [-0.3, -0.25) is 4.90 Å². The first-order valence-electron chi connectivity index (χ1n) is 5.70. The van der Waals surface area contributed by atoms with E-state index in [2.05, 4.69) is 42.2 Å². The number of benzene rings is 1. The van der Waals surface area contributed by atoms with E-state index >= 15 is 0 Å². The fourth-order valence-electron chi connectivity index (χ4n) is 1.44. The topological polar surface area (TPSA) is 27.0 Å². The zero-order valence-electron chi connectivity index (χ0n) is 10.6. The predicted octanol–water partition coefficient (Wildman–Crippen LogP) is 2.98. The molecule has 0 N–H and O–H groups in total. The van der Waals surface area contributed by atoms with Gasteiger partial charge in [0, 0.05) is 6.54 Å². The van der Waals surface area contributed by atoms with E-state index in [1.807, 2.05) is 20.9 Å². The van der Waals surface area contributed by atoms with Gasteiger partial charge in [-0.25, -0.2) is 0 Å². The highest BCUT2D eigenvalue weighted by Gasteiger charge is 2.22. The molecule has 0 unspecified atom stereocenters. The van der Waals surface area contributed by atoms with Crippen molar-refractivity contribution in [1.29, 1.82) is 5.26 Å². The predicted molar refractivity (Wildman–Crippen MR) is 67.0 cm³/mol. The molecule has 1 aromatic rings. The molecular formula is C14H20N2. The number of hydrogen-bond donors (Lipinski definition) is 0. The molecule has 0 aliphatic rings. The van der Waals surface area contributed by atoms with Crippen LogP contribution in [-0.4, -0.2) is 17.5 Å². The summed E-state index contributed by atoms with van der Waals surface area (Å²) >= 11 is 0. The molecule has 0 spiro atoms. The molecule has 0 atom stereocenters. The number of rotatable bonds is 4. The Labute approximate surface area is 98.5 Å². The molecule has 0 saturated heterocycles. The summed E-state index contributed by atoms with van der Waals surface area (Å²) in [5.74, 6) is 0. The van der Waals surface area contributed by atoms with Crippen molar-refractivity contribution in [3.05, 3.63) is 35.4 Å². The Kier molecular flexibility index (Phi) is 4.09. The van der Waals surface area contributed by atoms with Crippen LogP contribution >= 0.6 is 0 Å². The highest BCUT2D eigenvalue weighted by atomic mass is 15.2. The fraction of sp³-hybridized carbons (Fsp3) is 0.500. The molecule has 0 heterocycles. The van der Waals surface area contributed by atoms with Crippen LogP contribution in [0.5, 0.6) is 0 Å². The van der Waals surface area contributed by atoms with Crippen LogP contribution in [0.3, 0.4) is 0 Å². The van der Waals surface area contributed by atoms with Crippen molar-refractivity contribution >= 4 is 0 Å². The quantitative estimate of drug-likeness (QED) is 0.773. The van der Waals surface area contributed by atoms with E-state index in [0.29, 0.717) is 0 Å². The van der Waals surface area contributed by atoms with Gasteiger partial charge in [-0.15, -0.1) is 0 Å². The lowest BCUT2D eigenvalue weighted by Gasteiger charge is -2.28. The highest BCUT2D eigenvalue weighted by Crippen LogP contribution is 2.15. The smallest absolute Gasteiger partial charge is 0.103 e. The van der Waals surface area contributed by atoms with Crippen molar-refractivity contribution in [2.75, 3.05) is 7.05 Å². The Balaban J connectivity index is 2.71. The van der Waals surface area contributed by atoms with Crippen LogP contribution in [0, 0.1) is 11.3 Å². The summed E-state index contributed by atoms with van der Waals surface area (Å²) in [5, 5.41) is 9.03. The van der Waals surface area contributed by atoms with Gasteiger partial charge in [-0.05, 0) is 38.4 Å². The summed E-state index contributed by atoms with van der Waals surface area (Å²) < 4.78 is 0. The molecule has 0 aliphatic carbocycles. The standard InChI is InChI=1S/C14H20N2/c1-5-12-6-8-13(9-7-12)10-16(4)14(2,3)11-15/h6-9H,5,10H2,1-4H3. The maximum atomic E-state index is 9.03. The molecule has 1 aromatic carbocycles. The summed E-state index contributed by atoms with van der Waals surface area (Å²) in [6.45, 7) is 6.84. The van der Waals surface area contributed by atoms with Crippen molar-refractivity contribution < 1.29 is 0 Å². The first-order chi connectivity index (χ1) is 7.49. The monoisotopic (exact) mass is 216 g/mol. The molecule has 0 aromatic heterocycles. The molecule has 0 saturated carbocycles. The second-order valence-electron chi connectivity index (χ2n) is 4.70. The van der Waals surface area contributed by atoms with Crippen molar-refractivity contribution in [3.63, 3.8) is 0 Å². The van der Waals surface area contributed by atoms with Crippen molar-refractivity contribution in [1.82, 2.24) is 4.90 Å². The van der Waals surface area contributed by atoms with Gasteiger partial charge in [-0.2, -0.15) is 5.26 Å². The van der Waals surface area contributed by atoms with E-state index in [1.54, 1.807) is 0 Å². The van der Waals surface area contributed by atoms with Gasteiger partial charge in [0.1, 0.15) is 5.54 Å². The summed E-state index contributed by atoms with van der Waals surface area (Å²) in [7, 11) is 1.98. The molecule has 86 valence electrons. The van der Waals surface area contributed by atoms with Crippen molar-refractivity contribution in [2.24, 2.45) is 0 Å². The number of nitrogens with zero attached hydrogens (tertiary/aromatic N) is 2. The molecule has 0 fully saturated rings. The van der Waals surface area contributed by atoms with Gasteiger partial charge in [0.05, 0.1) is 6.07 Å². The van der Waals surface area contributed by atoms with Crippen LogP contribution in [0.15, 0.2) is 24.3 Å². The zero-order chi connectivity index (χ0) is 12.2. The van der Waals surface area contributed by atoms with Gasteiger partial charge in [-0.1, -0.05) is 31.2 Å². The van der Waals surface area contributed by atoms with Gasteiger partial charge in [0.25, 0.3) is 0 Å². The molecule has 1 rings (SSSR count). The summed E-state index contributed by atoms with van der Waals surface area (Å²) in [5.41, 5.74) is 2.19. The van der Waals surface area contributed by atoms with Crippen LogP contribution in [-0.2, 0) is 13.0 Å². The minimum Gasteiger partial charge on any atom is -0.285 e. The van der Waals surface area contributed by atoms with E-state index in [4.69, 9.17) is 5.26 Å². The third-order valence-electron chi connectivity index (χ3n) is 3.08. The Morgan fingerprint density at radius 2 is 1.69 bits per heavy atom. The average molecular weight is 216 g/mol. The average Bonchev–Trinajstić information content (AvgIpc) is 2.30. The van der Waals surface area contributed by atoms with Crippen molar-refractivity contribution in [2.45, 2.75) is 39.3 Å². The first kappa shape index (κ1) is 12.7. The largest absolute Gasteiger partial charge is 0.285 e. The fourth-order valence-corrected chi connectivity index (χ4v) is 1.44. The van der Waals surface area contributed by atoms with E-state index in [9.17, 15) is 0 Å². The SMILES string of the molecule is CCc1ccc(CN(C)C(C)(C)C#N)cc1. The van der Waals surface area contributed by atoms with Gasteiger partial charge in [0.2, 0.25) is 0 Å². The van der Waals surface area contributed by atoms with E-state index in [0.717, 1.165) is 13.0 Å². The maximum absolute atomic E-state index is 9.03. The molecule has 16 heavy (non-hydrogen) atoms. The van der Waals surface area contributed by atoms with Gasteiger partial charge < -0.3 is 0 Å².